The molecule has 7 heteroatoms. The maximum atomic E-state index is 12.3. The van der Waals surface area contributed by atoms with Crippen LogP contribution in [-0.2, 0) is 16.2 Å². The number of likely N-dealkylation sites (tertiary alicyclic amines) is 1. The Bertz CT molecular complexity index is 859. The van der Waals surface area contributed by atoms with Gasteiger partial charge in [-0.25, -0.2) is 4.98 Å². The molecule has 6 nitrogen and oxygen atoms in total. The SMILES string of the molecule is Cc1nc(COc2ccc(/C=C/C(=O)N3CCC(C)(C(=O)O)C3)cc2)cs1. The maximum absolute atomic E-state index is 12.3. The number of hydrogen-bond donors (Lipinski definition) is 1. The van der Waals surface area contributed by atoms with Gasteiger partial charge in [0.25, 0.3) is 0 Å². The van der Waals surface area contributed by atoms with E-state index in [4.69, 9.17) is 4.74 Å². The lowest BCUT2D eigenvalue weighted by Gasteiger charge is -2.18. The fraction of sp³-hybridized carbons (Fsp3) is 0.350. The largest absolute Gasteiger partial charge is 0.487 e. The summed E-state index contributed by atoms with van der Waals surface area (Å²) in [6.07, 6.45) is 3.69. The molecule has 1 aliphatic heterocycles. The van der Waals surface area contributed by atoms with Crippen molar-refractivity contribution in [2.45, 2.75) is 26.9 Å². The lowest BCUT2D eigenvalue weighted by molar-refractivity contribution is -0.147. The molecule has 0 radical (unpaired) electrons. The Hall–Kier alpha value is -2.67. The normalized spacial score (nSPS) is 19.6. The molecule has 0 spiro atoms. The molecule has 0 bridgehead atoms. The maximum Gasteiger partial charge on any atom is 0.311 e. The third-order valence-corrected chi connectivity index (χ3v) is 5.48. The van der Waals surface area contributed by atoms with Gasteiger partial charge in [-0.2, -0.15) is 0 Å². The Labute approximate surface area is 162 Å². The number of rotatable bonds is 6. The Kier molecular flexibility index (Phi) is 5.60. The molecule has 1 N–H and O–H groups in total. The van der Waals surface area contributed by atoms with E-state index in [0.717, 1.165) is 22.0 Å². The van der Waals surface area contributed by atoms with E-state index in [-0.39, 0.29) is 12.5 Å². The van der Waals surface area contributed by atoms with Crippen LogP contribution in [0.5, 0.6) is 5.75 Å². The van der Waals surface area contributed by atoms with E-state index in [0.29, 0.717) is 19.6 Å². The third-order valence-electron chi connectivity index (χ3n) is 4.65. The van der Waals surface area contributed by atoms with Gasteiger partial charge < -0.3 is 14.7 Å². The average molecular weight is 386 g/mol. The van der Waals surface area contributed by atoms with E-state index in [1.54, 1.807) is 29.2 Å². The van der Waals surface area contributed by atoms with Crippen LogP contribution >= 0.6 is 11.3 Å². The minimum absolute atomic E-state index is 0.167. The number of aryl methyl sites for hydroxylation is 1. The molecule has 1 saturated heterocycles. The van der Waals surface area contributed by atoms with Gasteiger partial charge in [-0.15, -0.1) is 11.3 Å². The van der Waals surface area contributed by atoms with Crippen LogP contribution in [0.15, 0.2) is 35.7 Å². The average Bonchev–Trinajstić information content (AvgIpc) is 3.25. The molecule has 1 aliphatic rings. The molecule has 1 aromatic carbocycles. The van der Waals surface area contributed by atoms with Gasteiger partial charge in [-0.3, -0.25) is 9.59 Å². The fourth-order valence-corrected chi connectivity index (χ4v) is 3.50. The number of hydrogen-bond acceptors (Lipinski definition) is 5. The monoisotopic (exact) mass is 386 g/mol. The highest BCUT2D eigenvalue weighted by Gasteiger charge is 2.41. The summed E-state index contributed by atoms with van der Waals surface area (Å²) in [4.78, 5) is 29.5. The molecule has 1 fully saturated rings. The van der Waals surface area contributed by atoms with Crippen LogP contribution in [0.3, 0.4) is 0 Å². The number of amides is 1. The van der Waals surface area contributed by atoms with Crippen molar-refractivity contribution in [3.8, 4) is 5.75 Å². The molecule has 3 rings (SSSR count). The first-order valence-corrected chi connectivity index (χ1v) is 9.58. The number of thiazole rings is 1. The number of nitrogens with zero attached hydrogens (tertiary/aromatic N) is 2. The highest BCUT2D eigenvalue weighted by Crippen LogP contribution is 2.30. The molecule has 142 valence electrons. The number of benzene rings is 1. The van der Waals surface area contributed by atoms with E-state index in [1.165, 1.54) is 6.08 Å². The number of carboxylic acids is 1. The minimum Gasteiger partial charge on any atom is -0.487 e. The van der Waals surface area contributed by atoms with Gasteiger partial charge in [-0.1, -0.05) is 12.1 Å². The van der Waals surface area contributed by atoms with Crippen molar-refractivity contribution >= 4 is 29.3 Å². The molecule has 0 aliphatic carbocycles. The van der Waals surface area contributed by atoms with Crippen molar-refractivity contribution < 1.29 is 19.4 Å². The van der Waals surface area contributed by atoms with Crippen LogP contribution in [0.2, 0.25) is 0 Å². The lowest BCUT2D eigenvalue weighted by Crippen LogP contribution is -2.34. The molecule has 1 atom stereocenters. The number of aromatic nitrogens is 1. The number of carboxylic acid groups (broad SMARTS) is 1. The van der Waals surface area contributed by atoms with E-state index >= 15 is 0 Å². The van der Waals surface area contributed by atoms with Crippen molar-refractivity contribution in [2.24, 2.45) is 5.41 Å². The standard InChI is InChI=1S/C20H22N2O4S/c1-14-21-16(12-27-14)11-26-17-6-3-15(4-7-17)5-8-18(23)22-10-9-20(2,13-22)19(24)25/h3-8,12H,9-11,13H2,1-2H3,(H,24,25)/b8-5+. The molecule has 27 heavy (non-hydrogen) atoms. The predicted molar refractivity (Wildman–Crippen MR) is 104 cm³/mol. The summed E-state index contributed by atoms with van der Waals surface area (Å²) in [5, 5.41) is 12.2. The second kappa shape index (κ2) is 7.92. The van der Waals surface area contributed by atoms with E-state index in [2.05, 4.69) is 4.98 Å². The molecule has 1 aromatic heterocycles. The van der Waals surface area contributed by atoms with Crippen LogP contribution in [0.1, 0.15) is 29.6 Å². The van der Waals surface area contributed by atoms with E-state index in [1.807, 2.05) is 36.6 Å². The van der Waals surface area contributed by atoms with Gasteiger partial charge in [0.05, 0.1) is 16.1 Å². The highest BCUT2D eigenvalue weighted by atomic mass is 32.1. The van der Waals surface area contributed by atoms with Gasteiger partial charge in [0, 0.05) is 24.5 Å². The Morgan fingerprint density at radius 3 is 2.70 bits per heavy atom. The van der Waals surface area contributed by atoms with Crippen LogP contribution < -0.4 is 4.74 Å². The number of aliphatic carboxylic acids is 1. The summed E-state index contributed by atoms with van der Waals surface area (Å²) >= 11 is 1.59. The molecular weight excluding hydrogens is 364 g/mol. The predicted octanol–water partition coefficient (Wildman–Crippen LogP) is 3.37. The summed E-state index contributed by atoms with van der Waals surface area (Å²) in [6.45, 7) is 4.78. The van der Waals surface area contributed by atoms with Crippen LogP contribution in [-0.4, -0.2) is 40.0 Å². The van der Waals surface area contributed by atoms with Gasteiger partial charge in [0.15, 0.2) is 0 Å². The van der Waals surface area contributed by atoms with Crippen molar-refractivity contribution in [1.29, 1.82) is 0 Å². The lowest BCUT2D eigenvalue weighted by atomic mass is 9.90. The zero-order valence-electron chi connectivity index (χ0n) is 15.3. The Morgan fingerprint density at radius 2 is 2.11 bits per heavy atom. The second-order valence-electron chi connectivity index (χ2n) is 6.92. The third kappa shape index (κ3) is 4.74. The number of ether oxygens (including phenoxy) is 1. The first-order valence-electron chi connectivity index (χ1n) is 8.70. The van der Waals surface area contributed by atoms with Crippen molar-refractivity contribution in [3.05, 3.63) is 52.0 Å². The zero-order valence-corrected chi connectivity index (χ0v) is 16.2. The topological polar surface area (TPSA) is 79.7 Å². The first-order chi connectivity index (χ1) is 12.9. The molecule has 1 unspecified atom stereocenters. The van der Waals surface area contributed by atoms with Crippen LogP contribution in [0.25, 0.3) is 6.08 Å². The first kappa shape index (κ1) is 19.1. The molecule has 0 saturated carbocycles. The zero-order chi connectivity index (χ0) is 19.4. The summed E-state index contributed by atoms with van der Waals surface area (Å²) in [5.74, 6) is -0.287. The Morgan fingerprint density at radius 1 is 1.37 bits per heavy atom. The Balaban J connectivity index is 1.53. The fourth-order valence-electron chi connectivity index (χ4n) is 2.90. The van der Waals surface area contributed by atoms with Crippen molar-refractivity contribution in [2.75, 3.05) is 13.1 Å². The minimum atomic E-state index is -0.856. The molecular formula is C20H22N2O4S. The summed E-state index contributed by atoms with van der Waals surface area (Å²) < 4.78 is 5.70. The highest BCUT2D eigenvalue weighted by molar-refractivity contribution is 7.09. The van der Waals surface area contributed by atoms with Crippen LogP contribution in [0.4, 0.5) is 0 Å². The van der Waals surface area contributed by atoms with Gasteiger partial charge in [0.2, 0.25) is 5.91 Å². The second-order valence-corrected chi connectivity index (χ2v) is 7.99. The number of carbonyl (C=O) groups excluding carboxylic acids is 1. The molecule has 1 amide bonds. The van der Waals surface area contributed by atoms with Crippen molar-refractivity contribution in [1.82, 2.24) is 9.88 Å². The summed E-state index contributed by atoms with van der Waals surface area (Å²) in [6, 6.07) is 7.44. The summed E-state index contributed by atoms with van der Waals surface area (Å²) in [5.41, 5.74) is 0.935. The van der Waals surface area contributed by atoms with Crippen LogP contribution in [0, 0.1) is 12.3 Å². The summed E-state index contributed by atoms with van der Waals surface area (Å²) in [7, 11) is 0. The van der Waals surface area contributed by atoms with Gasteiger partial charge >= 0.3 is 5.97 Å². The molecule has 2 heterocycles. The molecule has 2 aromatic rings. The van der Waals surface area contributed by atoms with Gasteiger partial charge in [0.1, 0.15) is 12.4 Å². The van der Waals surface area contributed by atoms with Crippen molar-refractivity contribution in [3.63, 3.8) is 0 Å². The van der Waals surface area contributed by atoms with E-state index in [9.17, 15) is 14.7 Å². The van der Waals surface area contributed by atoms with Gasteiger partial charge in [-0.05, 0) is 44.0 Å². The number of carbonyl (C=O) groups is 2. The smallest absolute Gasteiger partial charge is 0.311 e. The van der Waals surface area contributed by atoms with E-state index < -0.39 is 11.4 Å². The quantitative estimate of drug-likeness (QED) is 0.770.